The minimum Gasteiger partial charge on any atom is -0.399 e. The summed E-state index contributed by atoms with van der Waals surface area (Å²) < 4.78 is 3.45. The van der Waals surface area contributed by atoms with Gasteiger partial charge < -0.3 is 10.3 Å². The van der Waals surface area contributed by atoms with Crippen LogP contribution in [-0.2, 0) is 13.6 Å². The Morgan fingerprint density at radius 1 is 1.16 bits per heavy atom. The van der Waals surface area contributed by atoms with Crippen LogP contribution in [0.5, 0.6) is 0 Å². The lowest BCUT2D eigenvalue weighted by Gasteiger charge is -2.06. The zero-order valence-electron chi connectivity index (χ0n) is 14.1. The fraction of sp³-hybridized carbons (Fsp3) is 0.158. The molecule has 2 aromatic heterocycles. The highest BCUT2D eigenvalue weighted by Gasteiger charge is 2.14. The Bertz CT molecular complexity index is 1160. The van der Waals surface area contributed by atoms with E-state index in [-0.39, 0.29) is 5.56 Å². The molecule has 25 heavy (non-hydrogen) atoms. The first kappa shape index (κ1) is 15.8. The Morgan fingerprint density at radius 3 is 2.76 bits per heavy atom. The number of fused-ring (bicyclic) bond motifs is 3. The normalized spacial score (nSPS) is 11.4. The van der Waals surface area contributed by atoms with Gasteiger partial charge in [0.15, 0.2) is 0 Å². The minimum absolute atomic E-state index is 0.0932. The third kappa shape index (κ3) is 2.59. The Kier molecular flexibility index (Phi) is 3.77. The highest BCUT2D eigenvalue weighted by Crippen LogP contribution is 2.28. The van der Waals surface area contributed by atoms with Crippen molar-refractivity contribution >= 4 is 39.3 Å². The number of hydrogen-bond donors (Lipinski definition) is 1. The molecule has 2 heterocycles. The van der Waals surface area contributed by atoms with Gasteiger partial charge in [-0.1, -0.05) is 18.2 Å². The van der Waals surface area contributed by atoms with E-state index in [9.17, 15) is 4.79 Å². The van der Waals surface area contributed by atoms with E-state index < -0.39 is 0 Å². The van der Waals surface area contributed by atoms with Crippen LogP contribution in [0.2, 0.25) is 0 Å². The second-order valence-electron chi connectivity index (χ2n) is 6.06. The summed E-state index contributed by atoms with van der Waals surface area (Å²) >= 11 is 1.69. The first-order valence-electron chi connectivity index (χ1n) is 7.95. The van der Waals surface area contributed by atoms with Crippen molar-refractivity contribution in [1.29, 1.82) is 0 Å². The van der Waals surface area contributed by atoms with Gasteiger partial charge in [-0.3, -0.25) is 4.79 Å². The van der Waals surface area contributed by atoms with Gasteiger partial charge in [-0.2, -0.15) is 5.10 Å². The van der Waals surface area contributed by atoms with Crippen molar-refractivity contribution in [2.45, 2.75) is 11.4 Å². The molecule has 126 valence electrons. The topological polar surface area (TPSA) is 65.8 Å². The molecule has 0 atom stereocenters. The maximum Gasteiger partial charge on any atom is 0.291 e. The molecule has 0 amide bonds. The number of benzene rings is 2. The molecule has 2 aromatic carbocycles. The summed E-state index contributed by atoms with van der Waals surface area (Å²) in [5.74, 6) is 0. The first-order valence-corrected chi connectivity index (χ1v) is 9.17. The number of aromatic nitrogens is 3. The molecule has 4 rings (SSSR count). The summed E-state index contributed by atoms with van der Waals surface area (Å²) in [7, 11) is 1.93. The lowest BCUT2D eigenvalue weighted by atomic mass is 10.2. The maximum absolute atomic E-state index is 13.0. The second kappa shape index (κ2) is 5.97. The van der Waals surface area contributed by atoms with Gasteiger partial charge in [0.1, 0.15) is 5.52 Å². The molecule has 0 aliphatic rings. The van der Waals surface area contributed by atoms with Crippen molar-refractivity contribution < 1.29 is 0 Å². The van der Waals surface area contributed by atoms with E-state index in [1.165, 1.54) is 9.58 Å². The Morgan fingerprint density at radius 2 is 2.00 bits per heavy atom. The van der Waals surface area contributed by atoms with Crippen molar-refractivity contribution in [2.24, 2.45) is 7.05 Å². The van der Waals surface area contributed by atoms with Crippen LogP contribution in [0.25, 0.3) is 21.8 Å². The number of anilines is 1. The van der Waals surface area contributed by atoms with Crippen molar-refractivity contribution in [3.8, 4) is 0 Å². The molecule has 0 unspecified atom stereocenters. The molecule has 5 nitrogen and oxygen atoms in total. The van der Waals surface area contributed by atoms with Crippen LogP contribution in [-0.4, -0.2) is 20.6 Å². The van der Waals surface area contributed by atoms with Gasteiger partial charge in [-0.25, -0.2) is 4.68 Å². The van der Waals surface area contributed by atoms with E-state index >= 15 is 0 Å². The van der Waals surface area contributed by atoms with E-state index in [2.05, 4.69) is 23.3 Å². The predicted octanol–water partition coefficient (Wildman–Crippen LogP) is 3.24. The molecule has 0 saturated heterocycles. The average molecular weight is 350 g/mol. The standard InChI is InChI=1S/C19H18N4OS/c1-22-17-9-14(25-2)6-7-15(17)16-10-21-23(19(24)18(16)22)11-12-4-3-5-13(20)8-12/h3-10H,11,20H2,1-2H3. The molecule has 4 aromatic rings. The lowest BCUT2D eigenvalue weighted by molar-refractivity contribution is 0.644. The fourth-order valence-corrected chi connectivity index (χ4v) is 3.67. The van der Waals surface area contributed by atoms with E-state index in [1.807, 2.05) is 42.1 Å². The molecule has 0 saturated carbocycles. The summed E-state index contributed by atoms with van der Waals surface area (Å²) in [5.41, 5.74) is 9.09. The van der Waals surface area contributed by atoms with Gasteiger partial charge in [0.2, 0.25) is 0 Å². The van der Waals surface area contributed by atoms with Crippen LogP contribution in [0.1, 0.15) is 5.56 Å². The van der Waals surface area contributed by atoms with Crippen LogP contribution < -0.4 is 11.3 Å². The summed E-state index contributed by atoms with van der Waals surface area (Å²) in [6, 6.07) is 13.8. The third-order valence-electron chi connectivity index (χ3n) is 4.49. The van der Waals surface area contributed by atoms with E-state index in [0.717, 1.165) is 21.9 Å². The molecule has 0 fully saturated rings. The Balaban J connectivity index is 1.91. The molecule has 0 bridgehead atoms. The van der Waals surface area contributed by atoms with Gasteiger partial charge in [0, 0.05) is 28.4 Å². The molecular formula is C19H18N4OS. The van der Waals surface area contributed by atoms with Gasteiger partial charge in [0.25, 0.3) is 5.56 Å². The molecule has 0 spiro atoms. The predicted molar refractivity (Wildman–Crippen MR) is 104 cm³/mol. The minimum atomic E-state index is -0.0932. The fourth-order valence-electron chi connectivity index (χ4n) is 3.24. The zero-order valence-corrected chi connectivity index (χ0v) is 14.9. The largest absolute Gasteiger partial charge is 0.399 e. The molecular weight excluding hydrogens is 332 g/mol. The van der Waals surface area contributed by atoms with Crippen LogP contribution in [0.3, 0.4) is 0 Å². The van der Waals surface area contributed by atoms with Crippen molar-refractivity contribution in [3.05, 3.63) is 64.6 Å². The van der Waals surface area contributed by atoms with Gasteiger partial charge in [0.05, 0.1) is 18.3 Å². The van der Waals surface area contributed by atoms with Gasteiger partial charge >= 0.3 is 0 Å². The SMILES string of the molecule is CSc1ccc2c3cnn(Cc4cccc(N)c4)c(=O)c3n(C)c2c1. The smallest absolute Gasteiger partial charge is 0.291 e. The van der Waals surface area contributed by atoms with Gasteiger partial charge in [-0.15, -0.1) is 11.8 Å². The molecule has 6 heteroatoms. The molecule has 0 aliphatic heterocycles. The van der Waals surface area contributed by atoms with Crippen LogP contribution in [0.4, 0.5) is 5.69 Å². The number of rotatable bonds is 3. The summed E-state index contributed by atoms with van der Waals surface area (Å²) in [5, 5.41) is 6.32. The Hall–Kier alpha value is -2.73. The van der Waals surface area contributed by atoms with Crippen LogP contribution >= 0.6 is 11.8 Å². The highest BCUT2D eigenvalue weighted by molar-refractivity contribution is 7.98. The number of thioether (sulfide) groups is 1. The van der Waals surface area contributed by atoms with Crippen molar-refractivity contribution in [3.63, 3.8) is 0 Å². The van der Waals surface area contributed by atoms with E-state index in [4.69, 9.17) is 5.73 Å². The van der Waals surface area contributed by atoms with E-state index in [0.29, 0.717) is 17.7 Å². The third-order valence-corrected chi connectivity index (χ3v) is 5.22. The summed E-state index contributed by atoms with van der Waals surface area (Å²) in [4.78, 5) is 14.2. The number of aryl methyl sites for hydroxylation is 1. The van der Waals surface area contributed by atoms with E-state index in [1.54, 1.807) is 18.0 Å². The Labute approximate surface area is 149 Å². The van der Waals surface area contributed by atoms with Gasteiger partial charge in [-0.05, 0) is 36.1 Å². The first-order chi connectivity index (χ1) is 12.1. The highest BCUT2D eigenvalue weighted by atomic mass is 32.2. The van der Waals surface area contributed by atoms with Crippen LogP contribution in [0.15, 0.2) is 58.4 Å². The second-order valence-corrected chi connectivity index (χ2v) is 6.94. The number of nitrogens with two attached hydrogens (primary N) is 1. The zero-order chi connectivity index (χ0) is 17.6. The molecule has 0 radical (unpaired) electrons. The van der Waals surface area contributed by atoms with Crippen LogP contribution in [0, 0.1) is 0 Å². The quantitative estimate of drug-likeness (QED) is 0.455. The average Bonchev–Trinajstić information content (AvgIpc) is 2.90. The number of hydrogen-bond acceptors (Lipinski definition) is 4. The van der Waals surface area contributed by atoms with Crippen molar-refractivity contribution in [1.82, 2.24) is 14.3 Å². The molecule has 2 N–H and O–H groups in total. The number of nitrogens with zero attached hydrogens (tertiary/aromatic N) is 3. The summed E-state index contributed by atoms with van der Waals surface area (Å²) in [6.07, 6.45) is 3.83. The summed E-state index contributed by atoms with van der Waals surface area (Å²) in [6.45, 7) is 0.400. The maximum atomic E-state index is 13.0. The molecule has 0 aliphatic carbocycles. The monoisotopic (exact) mass is 350 g/mol. The lowest BCUT2D eigenvalue weighted by Crippen LogP contribution is -2.24. The van der Waals surface area contributed by atoms with Crippen molar-refractivity contribution in [2.75, 3.05) is 12.0 Å². The number of nitrogen functional groups attached to an aromatic ring is 1.